The Hall–Kier alpha value is -2.83. The summed E-state index contributed by atoms with van der Waals surface area (Å²) in [6.07, 6.45) is 0.562. The molecule has 2 aromatic rings. The predicted octanol–water partition coefficient (Wildman–Crippen LogP) is 4.12. The van der Waals surface area contributed by atoms with Crippen molar-refractivity contribution < 1.29 is 24.2 Å². The monoisotopic (exact) mass is 429 g/mol. The number of hydrogen-bond donors (Lipinski definition) is 1. The molecule has 1 amide bonds. The van der Waals surface area contributed by atoms with Gasteiger partial charge in [-0.1, -0.05) is 35.9 Å². The molecule has 2 aromatic carbocycles. The van der Waals surface area contributed by atoms with E-state index in [1.54, 1.807) is 19.2 Å². The maximum absolute atomic E-state index is 13.0. The molecule has 6 nitrogen and oxygen atoms in total. The van der Waals surface area contributed by atoms with E-state index in [0.29, 0.717) is 30.3 Å². The first kappa shape index (κ1) is 21.9. The molecule has 0 radical (unpaired) electrons. The van der Waals surface area contributed by atoms with Crippen LogP contribution in [0.5, 0.6) is 5.75 Å². The number of rotatable bonds is 7. The topological polar surface area (TPSA) is 76.1 Å². The summed E-state index contributed by atoms with van der Waals surface area (Å²) >= 11 is 6.12. The summed E-state index contributed by atoms with van der Waals surface area (Å²) < 4.78 is 10.4. The smallest absolute Gasteiger partial charge is 0.295 e. The first-order valence-corrected chi connectivity index (χ1v) is 9.95. The van der Waals surface area contributed by atoms with Gasteiger partial charge in [-0.2, -0.15) is 0 Å². The molecule has 1 aliphatic heterocycles. The second kappa shape index (κ2) is 9.32. The number of hydrogen-bond acceptors (Lipinski definition) is 5. The van der Waals surface area contributed by atoms with Crippen molar-refractivity contribution in [2.24, 2.45) is 0 Å². The van der Waals surface area contributed by atoms with Gasteiger partial charge < -0.3 is 19.5 Å². The van der Waals surface area contributed by atoms with E-state index >= 15 is 0 Å². The van der Waals surface area contributed by atoms with Crippen molar-refractivity contribution in [2.75, 3.05) is 27.4 Å². The SMILES string of the molecule is COCCCN1C(=O)C(=O)/C(=C(/O)c2cc(Cl)ccc2OC)C1c1ccccc1C. The number of carbonyl (C=O) groups excluding carboxylic acids is 2. The van der Waals surface area contributed by atoms with E-state index in [0.717, 1.165) is 11.1 Å². The maximum atomic E-state index is 13.0. The van der Waals surface area contributed by atoms with Gasteiger partial charge in [0.15, 0.2) is 0 Å². The number of likely N-dealkylation sites (tertiary alicyclic amines) is 1. The van der Waals surface area contributed by atoms with Gasteiger partial charge in [0, 0.05) is 25.3 Å². The van der Waals surface area contributed by atoms with Crippen molar-refractivity contribution in [3.63, 3.8) is 0 Å². The number of aryl methyl sites for hydroxylation is 1. The van der Waals surface area contributed by atoms with Crippen molar-refractivity contribution in [1.82, 2.24) is 4.90 Å². The molecule has 0 saturated carbocycles. The number of nitrogens with zero attached hydrogens (tertiary/aromatic N) is 1. The zero-order chi connectivity index (χ0) is 21.8. The van der Waals surface area contributed by atoms with Crippen LogP contribution in [0.2, 0.25) is 5.02 Å². The quantitative estimate of drug-likeness (QED) is 0.310. The molecular formula is C23H24ClNO5. The summed E-state index contributed by atoms with van der Waals surface area (Å²) in [6, 6.07) is 11.5. The minimum Gasteiger partial charge on any atom is -0.507 e. The standard InChI is InChI=1S/C23H24ClNO5/c1-14-7-4-5-8-16(14)20-19(22(27)23(28)25(20)11-6-12-29-2)21(26)17-13-15(24)9-10-18(17)30-3/h4-5,7-10,13,20,26H,6,11-12H2,1-3H3/b21-19+. The van der Waals surface area contributed by atoms with Crippen molar-refractivity contribution in [3.05, 3.63) is 69.8 Å². The number of carbonyl (C=O) groups is 2. The molecule has 30 heavy (non-hydrogen) atoms. The third-order valence-corrected chi connectivity index (χ3v) is 5.42. The van der Waals surface area contributed by atoms with Crippen LogP contribution in [-0.4, -0.2) is 49.1 Å². The number of methoxy groups -OCH3 is 2. The van der Waals surface area contributed by atoms with Crippen LogP contribution in [0.15, 0.2) is 48.0 Å². The summed E-state index contributed by atoms with van der Waals surface area (Å²) in [6.45, 7) is 2.68. The van der Waals surface area contributed by atoms with Crippen LogP contribution in [0.3, 0.4) is 0 Å². The second-order valence-electron chi connectivity index (χ2n) is 7.04. The fourth-order valence-electron chi connectivity index (χ4n) is 3.72. The summed E-state index contributed by atoms with van der Waals surface area (Å²) in [5.41, 5.74) is 1.97. The lowest BCUT2D eigenvalue weighted by Gasteiger charge is -2.26. The van der Waals surface area contributed by atoms with E-state index in [-0.39, 0.29) is 16.9 Å². The first-order valence-electron chi connectivity index (χ1n) is 9.57. The van der Waals surface area contributed by atoms with Gasteiger partial charge in [-0.25, -0.2) is 0 Å². The summed E-state index contributed by atoms with van der Waals surface area (Å²) in [7, 11) is 3.04. The van der Waals surface area contributed by atoms with E-state index in [1.807, 2.05) is 31.2 Å². The third kappa shape index (κ3) is 4.06. The highest BCUT2D eigenvalue weighted by Crippen LogP contribution is 2.42. The van der Waals surface area contributed by atoms with Crippen LogP contribution in [0, 0.1) is 6.92 Å². The van der Waals surface area contributed by atoms with Gasteiger partial charge in [0.2, 0.25) is 0 Å². The average Bonchev–Trinajstić information content (AvgIpc) is 2.98. The van der Waals surface area contributed by atoms with Crippen molar-refractivity contribution in [2.45, 2.75) is 19.4 Å². The summed E-state index contributed by atoms with van der Waals surface area (Å²) in [5, 5.41) is 11.5. The Bertz CT molecular complexity index is 1000. The van der Waals surface area contributed by atoms with Gasteiger partial charge in [0.05, 0.1) is 24.3 Å². The minimum absolute atomic E-state index is 0.0206. The normalized spacial score (nSPS) is 18.1. The number of ether oxygens (including phenoxy) is 2. The van der Waals surface area contributed by atoms with Crippen molar-refractivity contribution in [1.29, 1.82) is 0 Å². The molecule has 1 N–H and O–H groups in total. The molecule has 0 spiro atoms. The van der Waals surface area contributed by atoms with Crippen molar-refractivity contribution in [3.8, 4) is 5.75 Å². The zero-order valence-corrected chi connectivity index (χ0v) is 17.9. The second-order valence-corrected chi connectivity index (χ2v) is 7.48. The molecular weight excluding hydrogens is 406 g/mol. The Kier molecular flexibility index (Phi) is 6.80. The van der Waals surface area contributed by atoms with Gasteiger partial charge in [0.25, 0.3) is 11.7 Å². The Morgan fingerprint density at radius 2 is 1.90 bits per heavy atom. The van der Waals surface area contributed by atoms with Gasteiger partial charge in [0.1, 0.15) is 11.5 Å². The van der Waals surface area contributed by atoms with Crippen LogP contribution in [0.4, 0.5) is 0 Å². The fourth-order valence-corrected chi connectivity index (χ4v) is 3.89. The van der Waals surface area contributed by atoms with Gasteiger partial charge in [-0.05, 0) is 42.7 Å². The van der Waals surface area contributed by atoms with Crippen LogP contribution in [0.1, 0.15) is 29.2 Å². The molecule has 0 bridgehead atoms. The molecule has 1 atom stereocenters. The molecule has 3 rings (SSSR count). The van der Waals surface area contributed by atoms with Gasteiger partial charge in [-0.3, -0.25) is 9.59 Å². The number of aliphatic hydroxyl groups is 1. The third-order valence-electron chi connectivity index (χ3n) is 5.19. The average molecular weight is 430 g/mol. The van der Waals surface area contributed by atoms with Gasteiger partial charge >= 0.3 is 0 Å². The lowest BCUT2D eigenvalue weighted by Crippen LogP contribution is -2.31. The van der Waals surface area contributed by atoms with E-state index in [4.69, 9.17) is 21.1 Å². The summed E-state index contributed by atoms with van der Waals surface area (Å²) in [5.74, 6) is -1.34. The van der Waals surface area contributed by atoms with Gasteiger partial charge in [-0.15, -0.1) is 0 Å². The molecule has 1 aliphatic rings. The highest BCUT2D eigenvalue weighted by Gasteiger charge is 2.46. The van der Waals surface area contributed by atoms with Crippen LogP contribution in [-0.2, 0) is 14.3 Å². The molecule has 0 aliphatic carbocycles. The predicted molar refractivity (Wildman–Crippen MR) is 115 cm³/mol. The molecule has 1 unspecified atom stereocenters. The lowest BCUT2D eigenvalue weighted by molar-refractivity contribution is -0.140. The number of Topliss-reactive ketones (excluding diaryl/α,β-unsaturated/α-hetero) is 1. The van der Waals surface area contributed by atoms with Crippen LogP contribution < -0.4 is 4.74 Å². The van der Waals surface area contributed by atoms with Crippen molar-refractivity contribution >= 4 is 29.1 Å². The zero-order valence-electron chi connectivity index (χ0n) is 17.1. The Morgan fingerprint density at radius 1 is 1.17 bits per heavy atom. The molecule has 7 heteroatoms. The number of halogens is 1. The van der Waals surface area contributed by atoms with E-state index in [9.17, 15) is 14.7 Å². The van der Waals surface area contributed by atoms with Crippen LogP contribution in [0.25, 0.3) is 5.76 Å². The number of ketones is 1. The highest BCUT2D eigenvalue weighted by atomic mass is 35.5. The van der Waals surface area contributed by atoms with E-state index < -0.39 is 17.7 Å². The van der Waals surface area contributed by atoms with E-state index in [1.165, 1.54) is 18.1 Å². The summed E-state index contributed by atoms with van der Waals surface area (Å²) in [4.78, 5) is 27.4. The Labute approximate surface area is 180 Å². The minimum atomic E-state index is -0.736. The number of benzene rings is 2. The largest absolute Gasteiger partial charge is 0.507 e. The van der Waals surface area contributed by atoms with Crippen LogP contribution >= 0.6 is 11.6 Å². The maximum Gasteiger partial charge on any atom is 0.295 e. The molecule has 0 aromatic heterocycles. The van der Waals surface area contributed by atoms with E-state index in [2.05, 4.69) is 0 Å². The number of aliphatic hydroxyl groups excluding tert-OH is 1. The Balaban J connectivity index is 2.21. The first-order chi connectivity index (χ1) is 14.4. The molecule has 1 saturated heterocycles. The fraction of sp³-hybridized carbons (Fsp3) is 0.304. The highest BCUT2D eigenvalue weighted by molar-refractivity contribution is 6.46. The lowest BCUT2D eigenvalue weighted by atomic mass is 9.92. The Morgan fingerprint density at radius 3 is 2.57 bits per heavy atom. The molecule has 1 heterocycles. The number of amides is 1. The molecule has 158 valence electrons. The molecule has 1 fully saturated rings.